The molecule has 1 fully saturated rings. The third-order valence-corrected chi connectivity index (χ3v) is 8.09. The molecular formula is C24H34LiNO6P. The van der Waals surface area contributed by atoms with Crippen molar-refractivity contribution in [2.24, 2.45) is 5.92 Å². The van der Waals surface area contributed by atoms with E-state index in [-0.39, 0.29) is 43.2 Å². The number of ether oxygens (including phenoxy) is 2. The van der Waals surface area contributed by atoms with E-state index in [4.69, 9.17) is 9.47 Å². The quantitative estimate of drug-likeness (QED) is 0.213. The average molecular weight is 470 g/mol. The topological polar surface area (TPSA) is 108 Å². The van der Waals surface area contributed by atoms with Crippen LogP contribution in [0.25, 0.3) is 0 Å². The molecule has 177 valence electrons. The molecule has 0 spiro atoms. The minimum atomic E-state index is -3.34. The molecule has 3 rings (SSSR count). The Kier molecular flexibility index (Phi) is 11.8. The molecule has 1 aliphatic carbocycles. The summed E-state index contributed by atoms with van der Waals surface area (Å²) in [5.74, 6) is 1.93. The van der Waals surface area contributed by atoms with Crippen LogP contribution in [0.3, 0.4) is 0 Å². The first-order valence-corrected chi connectivity index (χ1v) is 13.1. The SMILES string of the molecule is O=P(O)(COc1ccccc1)C1CCC(CCNC[C@H](O)COc2ccc(O)cc2)CC1.[Li]. The molecule has 2 aromatic rings. The predicted octanol–water partition coefficient (Wildman–Crippen LogP) is 3.60. The molecule has 33 heavy (non-hydrogen) atoms. The summed E-state index contributed by atoms with van der Waals surface area (Å²) < 4.78 is 23.8. The van der Waals surface area contributed by atoms with E-state index in [1.165, 1.54) is 0 Å². The fourth-order valence-corrected chi connectivity index (χ4v) is 5.64. The van der Waals surface area contributed by atoms with E-state index in [1.54, 1.807) is 36.4 Å². The first kappa shape index (κ1) is 27.8. The van der Waals surface area contributed by atoms with Gasteiger partial charge in [0.1, 0.15) is 30.0 Å². The minimum absolute atomic E-state index is 0. The van der Waals surface area contributed by atoms with Crippen LogP contribution >= 0.6 is 7.37 Å². The Balaban J connectivity index is 0.00000385. The normalized spacial score (nSPS) is 20.8. The molecule has 2 atom stereocenters. The minimum Gasteiger partial charge on any atom is -0.508 e. The van der Waals surface area contributed by atoms with Crippen molar-refractivity contribution in [1.29, 1.82) is 0 Å². The Bertz CT molecular complexity index is 846. The number of phenols is 1. The second-order valence-corrected chi connectivity index (χ2v) is 11.0. The zero-order valence-electron chi connectivity index (χ0n) is 19.3. The molecule has 1 radical (unpaired) electrons. The van der Waals surface area contributed by atoms with Crippen LogP contribution < -0.4 is 14.8 Å². The monoisotopic (exact) mass is 470 g/mol. The molecule has 0 heterocycles. The van der Waals surface area contributed by atoms with Crippen molar-refractivity contribution in [2.75, 3.05) is 26.0 Å². The van der Waals surface area contributed by atoms with Crippen molar-refractivity contribution in [3.05, 3.63) is 54.6 Å². The molecule has 1 saturated carbocycles. The summed E-state index contributed by atoms with van der Waals surface area (Å²) in [6.45, 7) is 1.41. The van der Waals surface area contributed by atoms with Gasteiger partial charge in [-0.2, -0.15) is 0 Å². The largest absolute Gasteiger partial charge is 0.508 e. The number of nitrogens with one attached hydrogen (secondary N) is 1. The fourth-order valence-electron chi connectivity index (χ4n) is 3.99. The Labute approximate surface area is 208 Å². The number of aliphatic hydroxyl groups is 1. The van der Waals surface area contributed by atoms with E-state index >= 15 is 0 Å². The number of para-hydroxylation sites is 1. The van der Waals surface area contributed by atoms with Crippen LogP contribution in [0.15, 0.2) is 54.6 Å². The Morgan fingerprint density at radius 2 is 1.61 bits per heavy atom. The summed E-state index contributed by atoms with van der Waals surface area (Å²) >= 11 is 0. The van der Waals surface area contributed by atoms with Crippen LogP contribution in [-0.2, 0) is 4.57 Å². The van der Waals surface area contributed by atoms with Gasteiger partial charge in [0.2, 0.25) is 7.37 Å². The molecule has 1 unspecified atom stereocenters. The number of hydrogen-bond donors (Lipinski definition) is 4. The average Bonchev–Trinajstić information content (AvgIpc) is 2.81. The van der Waals surface area contributed by atoms with Gasteiger partial charge in [0.25, 0.3) is 0 Å². The fraction of sp³-hybridized carbons (Fsp3) is 0.500. The maximum absolute atomic E-state index is 12.7. The number of rotatable bonds is 12. The van der Waals surface area contributed by atoms with Gasteiger partial charge in [-0.1, -0.05) is 18.2 Å². The van der Waals surface area contributed by atoms with Crippen molar-refractivity contribution in [3.63, 3.8) is 0 Å². The van der Waals surface area contributed by atoms with Crippen molar-refractivity contribution in [2.45, 2.75) is 43.9 Å². The van der Waals surface area contributed by atoms with Crippen LogP contribution in [0.1, 0.15) is 32.1 Å². The summed E-state index contributed by atoms with van der Waals surface area (Å²) in [6.07, 6.45) is 3.61. The first-order valence-electron chi connectivity index (χ1n) is 11.2. The van der Waals surface area contributed by atoms with Gasteiger partial charge in [-0.05, 0) is 81.0 Å². The van der Waals surface area contributed by atoms with Crippen LogP contribution in [0, 0.1) is 5.92 Å². The van der Waals surface area contributed by atoms with Crippen LogP contribution in [0.5, 0.6) is 17.2 Å². The Morgan fingerprint density at radius 1 is 0.970 bits per heavy atom. The molecule has 7 nitrogen and oxygen atoms in total. The van der Waals surface area contributed by atoms with E-state index < -0.39 is 13.5 Å². The molecule has 0 aliphatic heterocycles. The van der Waals surface area contributed by atoms with Crippen LogP contribution in [0.4, 0.5) is 0 Å². The van der Waals surface area contributed by atoms with E-state index in [2.05, 4.69) is 5.32 Å². The predicted molar refractivity (Wildman–Crippen MR) is 130 cm³/mol. The maximum Gasteiger partial charge on any atom is 0.239 e. The van der Waals surface area contributed by atoms with Gasteiger partial charge >= 0.3 is 0 Å². The molecule has 1 aliphatic rings. The van der Waals surface area contributed by atoms with Gasteiger partial charge in [0.15, 0.2) is 6.35 Å². The number of aromatic hydroxyl groups is 1. The molecule has 0 amide bonds. The third-order valence-electron chi connectivity index (χ3n) is 5.93. The van der Waals surface area contributed by atoms with Crippen molar-refractivity contribution in [3.8, 4) is 17.2 Å². The summed E-state index contributed by atoms with van der Waals surface area (Å²) in [5.41, 5.74) is -0.186. The van der Waals surface area contributed by atoms with E-state index in [0.29, 0.717) is 24.0 Å². The van der Waals surface area contributed by atoms with E-state index in [0.717, 1.165) is 38.6 Å². The number of hydrogen-bond acceptors (Lipinski definition) is 6. The molecule has 9 heteroatoms. The van der Waals surface area contributed by atoms with Gasteiger partial charge in [0, 0.05) is 31.1 Å². The van der Waals surface area contributed by atoms with E-state index in [9.17, 15) is 19.7 Å². The van der Waals surface area contributed by atoms with E-state index in [1.807, 2.05) is 18.2 Å². The molecular weight excluding hydrogens is 436 g/mol. The Morgan fingerprint density at radius 3 is 2.27 bits per heavy atom. The van der Waals surface area contributed by atoms with Gasteiger partial charge in [-0.25, -0.2) is 0 Å². The smallest absolute Gasteiger partial charge is 0.239 e. The van der Waals surface area contributed by atoms with Gasteiger partial charge in [-0.15, -0.1) is 0 Å². The standard InChI is InChI=1S/C24H34NO6P.Li/c26-20-8-10-23(11-9-20)30-17-21(27)16-25-15-14-19-6-12-24(13-7-19)32(28,29)18-31-22-4-2-1-3-5-22;/h1-5,8-11,19,21,24-27H,6-7,12-18H2,(H,28,29);/t19?,21-,24?;/m0./s1. The number of benzene rings is 2. The van der Waals surface area contributed by atoms with Gasteiger partial charge < -0.3 is 29.9 Å². The molecule has 0 aromatic heterocycles. The molecule has 0 bridgehead atoms. The number of aliphatic hydroxyl groups excluding tert-OH is 1. The zero-order chi connectivity index (χ0) is 22.8. The maximum atomic E-state index is 12.7. The van der Waals surface area contributed by atoms with Crippen molar-refractivity contribution >= 4 is 26.2 Å². The summed E-state index contributed by atoms with van der Waals surface area (Å²) in [4.78, 5) is 10.5. The second kappa shape index (κ2) is 14.1. The van der Waals surface area contributed by atoms with Gasteiger partial charge in [0.05, 0.1) is 0 Å². The molecule has 2 aromatic carbocycles. The zero-order valence-corrected chi connectivity index (χ0v) is 20.2. The molecule has 0 saturated heterocycles. The first-order chi connectivity index (χ1) is 15.4. The molecule has 4 N–H and O–H groups in total. The number of phenolic OH excluding ortho intramolecular Hbond substituents is 1. The Hall–Kier alpha value is -1.45. The van der Waals surface area contributed by atoms with Crippen molar-refractivity contribution in [1.82, 2.24) is 5.32 Å². The van der Waals surface area contributed by atoms with Gasteiger partial charge in [-0.3, -0.25) is 4.57 Å². The van der Waals surface area contributed by atoms with Crippen molar-refractivity contribution < 1.29 is 29.1 Å². The summed E-state index contributed by atoms with van der Waals surface area (Å²) in [5, 5.41) is 22.6. The third kappa shape index (κ3) is 9.74. The summed E-state index contributed by atoms with van der Waals surface area (Å²) in [7, 11) is -3.34. The van der Waals surface area contributed by atoms with Crippen LogP contribution in [0.2, 0.25) is 0 Å². The second-order valence-electron chi connectivity index (χ2n) is 8.47. The summed E-state index contributed by atoms with van der Waals surface area (Å²) in [6, 6.07) is 15.6. The van der Waals surface area contributed by atoms with Crippen LogP contribution in [-0.4, -0.2) is 71.8 Å².